The Kier molecular flexibility index (Phi) is 4.83. The van der Waals surface area contributed by atoms with E-state index in [-0.39, 0.29) is 23.5 Å². The number of amides is 2. The molecule has 152 valence electrons. The van der Waals surface area contributed by atoms with Crippen LogP contribution >= 0.6 is 11.3 Å². The normalized spacial score (nSPS) is 17.4. The summed E-state index contributed by atoms with van der Waals surface area (Å²) in [5.41, 5.74) is 3.36. The lowest BCUT2D eigenvalue weighted by molar-refractivity contribution is -0.120. The highest BCUT2D eigenvalue weighted by atomic mass is 32.1. The number of hydrogen-bond donors (Lipinski definition) is 1. The Morgan fingerprint density at radius 3 is 2.73 bits per heavy atom. The van der Waals surface area contributed by atoms with Crippen LogP contribution in [-0.2, 0) is 17.6 Å². The number of para-hydroxylation sites is 1. The highest BCUT2D eigenvalue weighted by molar-refractivity contribution is 7.16. The number of aryl methyl sites for hydroxylation is 2. The molecule has 1 N–H and O–H groups in total. The van der Waals surface area contributed by atoms with Gasteiger partial charge in [0.2, 0.25) is 5.91 Å². The van der Waals surface area contributed by atoms with Gasteiger partial charge in [-0.05, 0) is 61.6 Å². The zero-order valence-electron chi connectivity index (χ0n) is 16.2. The van der Waals surface area contributed by atoms with Crippen molar-refractivity contribution < 1.29 is 14.0 Å². The first-order valence-electron chi connectivity index (χ1n) is 10.1. The molecule has 7 heteroatoms. The van der Waals surface area contributed by atoms with Crippen LogP contribution in [0.3, 0.4) is 0 Å². The fourth-order valence-corrected chi connectivity index (χ4v) is 5.28. The molecular formula is C23H20FN3O2S. The van der Waals surface area contributed by atoms with E-state index in [1.807, 2.05) is 23.1 Å². The van der Waals surface area contributed by atoms with Crippen LogP contribution in [0.15, 0.2) is 48.5 Å². The third-order valence-electron chi connectivity index (χ3n) is 5.72. The van der Waals surface area contributed by atoms with Crippen LogP contribution < -0.4 is 10.2 Å². The minimum Gasteiger partial charge on any atom is -0.312 e. The maximum absolute atomic E-state index is 13.4. The van der Waals surface area contributed by atoms with Crippen molar-refractivity contribution >= 4 is 34.0 Å². The van der Waals surface area contributed by atoms with E-state index in [2.05, 4.69) is 16.4 Å². The van der Waals surface area contributed by atoms with Crippen LogP contribution in [0.2, 0.25) is 0 Å². The number of hydrogen-bond acceptors (Lipinski definition) is 4. The first kappa shape index (κ1) is 18.9. The Hall–Kier alpha value is -3.06. The average molecular weight is 421 g/mol. The van der Waals surface area contributed by atoms with Gasteiger partial charge >= 0.3 is 0 Å². The van der Waals surface area contributed by atoms with Crippen molar-refractivity contribution in [1.82, 2.24) is 4.98 Å². The van der Waals surface area contributed by atoms with E-state index in [1.165, 1.54) is 41.2 Å². The van der Waals surface area contributed by atoms with E-state index in [0.717, 1.165) is 48.5 Å². The molecule has 3 aromatic rings. The van der Waals surface area contributed by atoms with Crippen molar-refractivity contribution in [2.24, 2.45) is 0 Å². The Morgan fingerprint density at radius 1 is 1.10 bits per heavy atom. The van der Waals surface area contributed by atoms with Crippen LogP contribution in [0.5, 0.6) is 0 Å². The second-order valence-corrected chi connectivity index (χ2v) is 8.69. The number of benzene rings is 2. The van der Waals surface area contributed by atoms with Crippen molar-refractivity contribution in [1.29, 1.82) is 0 Å². The van der Waals surface area contributed by atoms with E-state index in [1.54, 1.807) is 0 Å². The van der Waals surface area contributed by atoms with Crippen LogP contribution in [0.25, 0.3) is 0 Å². The molecule has 1 aliphatic heterocycles. The molecule has 0 saturated heterocycles. The Bertz CT molecular complexity index is 1130. The third-order valence-corrected chi connectivity index (χ3v) is 6.77. The van der Waals surface area contributed by atoms with Crippen molar-refractivity contribution in [2.75, 3.05) is 16.8 Å². The number of nitrogens with zero attached hydrogens (tertiary/aromatic N) is 2. The monoisotopic (exact) mass is 421 g/mol. The number of rotatable bonds is 3. The molecule has 0 saturated carbocycles. The first-order chi connectivity index (χ1) is 14.6. The Labute approximate surface area is 177 Å². The molecule has 30 heavy (non-hydrogen) atoms. The largest absolute Gasteiger partial charge is 0.312 e. The molecule has 2 heterocycles. The molecule has 1 aromatic heterocycles. The van der Waals surface area contributed by atoms with E-state index >= 15 is 0 Å². The van der Waals surface area contributed by atoms with Crippen molar-refractivity contribution in [2.45, 2.75) is 31.6 Å². The summed E-state index contributed by atoms with van der Waals surface area (Å²) in [5.74, 6) is -0.919. The summed E-state index contributed by atoms with van der Waals surface area (Å²) in [7, 11) is 0. The summed E-state index contributed by atoms with van der Waals surface area (Å²) in [4.78, 5) is 33.3. The molecule has 2 aliphatic rings. The van der Waals surface area contributed by atoms with E-state index in [0.29, 0.717) is 10.7 Å². The molecule has 1 aliphatic carbocycles. The minimum atomic E-state index is -0.389. The smallest absolute Gasteiger partial charge is 0.257 e. The van der Waals surface area contributed by atoms with E-state index < -0.39 is 0 Å². The summed E-state index contributed by atoms with van der Waals surface area (Å²) < 4.78 is 13.1. The number of halogens is 1. The number of nitrogens with one attached hydrogen (secondary N) is 1. The van der Waals surface area contributed by atoms with Gasteiger partial charge in [0.15, 0.2) is 5.13 Å². The van der Waals surface area contributed by atoms with Gasteiger partial charge in [-0.15, -0.1) is 11.3 Å². The predicted octanol–water partition coefficient (Wildman–Crippen LogP) is 4.54. The Balaban J connectivity index is 1.35. The standard InChI is InChI=1S/C23H20FN3O2S/c24-16-9-7-15(8-10-16)21(28)26-23-25-20-17(11-12-19(20)30-23)22(29)27-13-3-5-14-4-1-2-6-18(14)27/h1-2,4,6-10,17H,3,5,11-13H2,(H,25,26,28). The molecule has 1 unspecified atom stereocenters. The highest BCUT2D eigenvalue weighted by Crippen LogP contribution is 2.41. The molecule has 2 aromatic carbocycles. The lowest BCUT2D eigenvalue weighted by Crippen LogP contribution is -2.38. The van der Waals surface area contributed by atoms with Crippen molar-refractivity contribution in [3.8, 4) is 0 Å². The number of carbonyl (C=O) groups excluding carboxylic acids is 2. The molecule has 0 fully saturated rings. The molecule has 2 amide bonds. The van der Waals surface area contributed by atoms with Gasteiger partial charge < -0.3 is 4.90 Å². The molecule has 0 radical (unpaired) electrons. The summed E-state index contributed by atoms with van der Waals surface area (Å²) >= 11 is 1.41. The second kappa shape index (κ2) is 7.65. The first-order valence-corrected chi connectivity index (χ1v) is 10.9. The Morgan fingerprint density at radius 2 is 1.90 bits per heavy atom. The summed E-state index contributed by atoms with van der Waals surface area (Å²) in [6.07, 6.45) is 3.48. The van der Waals surface area contributed by atoms with Gasteiger partial charge in [-0.1, -0.05) is 18.2 Å². The number of anilines is 2. The van der Waals surface area contributed by atoms with Crippen molar-refractivity contribution in [3.05, 3.63) is 76.0 Å². The maximum atomic E-state index is 13.4. The molecule has 5 rings (SSSR count). The second-order valence-electron chi connectivity index (χ2n) is 7.60. The molecule has 5 nitrogen and oxygen atoms in total. The van der Waals surface area contributed by atoms with Gasteiger partial charge in [0.25, 0.3) is 5.91 Å². The number of aromatic nitrogens is 1. The number of carbonyl (C=O) groups is 2. The third kappa shape index (κ3) is 3.39. The van der Waals surface area contributed by atoms with Gasteiger partial charge in [-0.3, -0.25) is 14.9 Å². The fourth-order valence-electron chi connectivity index (χ4n) is 4.24. The quantitative estimate of drug-likeness (QED) is 0.675. The highest BCUT2D eigenvalue weighted by Gasteiger charge is 2.37. The lowest BCUT2D eigenvalue weighted by Gasteiger charge is -2.31. The summed E-state index contributed by atoms with van der Waals surface area (Å²) in [5, 5.41) is 3.26. The van der Waals surface area contributed by atoms with Crippen LogP contribution in [0, 0.1) is 5.82 Å². The average Bonchev–Trinajstić information content (AvgIpc) is 3.33. The van der Waals surface area contributed by atoms with E-state index in [9.17, 15) is 14.0 Å². The topological polar surface area (TPSA) is 62.3 Å². The minimum absolute atomic E-state index is 0.0858. The van der Waals surface area contributed by atoms with Gasteiger partial charge in [-0.25, -0.2) is 9.37 Å². The zero-order valence-corrected chi connectivity index (χ0v) is 17.0. The van der Waals surface area contributed by atoms with Gasteiger partial charge in [-0.2, -0.15) is 0 Å². The van der Waals surface area contributed by atoms with Gasteiger partial charge in [0, 0.05) is 22.7 Å². The van der Waals surface area contributed by atoms with Crippen LogP contribution in [-0.4, -0.2) is 23.3 Å². The molecule has 0 spiro atoms. The lowest BCUT2D eigenvalue weighted by atomic mass is 9.98. The molecule has 1 atom stereocenters. The van der Waals surface area contributed by atoms with Crippen LogP contribution in [0.1, 0.15) is 45.3 Å². The molecule has 0 bridgehead atoms. The van der Waals surface area contributed by atoms with Crippen molar-refractivity contribution in [3.63, 3.8) is 0 Å². The van der Waals surface area contributed by atoms with E-state index in [4.69, 9.17) is 0 Å². The zero-order chi connectivity index (χ0) is 20.7. The summed E-state index contributed by atoms with van der Waals surface area (Å²) in [6, 6.07) is 13.5. The van der Waals surface area contributed by atoms with Crippen LogP contribution in [0.4, 0.5) is 15.2 Å². The molecular weight excluding hydrogens is 401 g/mol. The number of fused-ring (bicyclic) bond motifs is 2. The SMILES string of the molecule is O=C(Nc1nc2c(s1)CCC2C(=O)N1CCCc2ccccc21)c1ccc(F)cc1. The fraction of sp³-hybridized carbons (Fsp3) is 0.261. The van der Waals surface area contributed by atoms with Gasteiger partial charge in [0.1, 0.15) is 5.82 Å². The number of thiazole rings is 1. The van der Waals surface area contributed by atoms with Gasteiger partial charge in [0.05, 0.1) is 11.6 Å². The summed E-state index contributed by atoms with van der Waals surface area (Å²) in [6.45, 7) is 0.722. The maximum Gasteiger partial charge on any atom is 0.257 e. The predicted molar refractivity (Wildman–Crippen MR) is 115 cm³/mol.